The average molecular weight is 743 g/mol. The third kappa shape index (κ3) is 5.20. The van der Waals surface area contributed by atoms with Crippen molar-refractivity contribution in [3.8, 4) is 56.7 Å². The van der Waals surface area contributed by atoms with Gasteiger partial charge < -0.3 is 8.83 Å². The first-order valence-electron chi connectivity index (χ1n) is 19.3. The first-order chi connectivity index (χ1) is 28.7. The first-order valence-corrected chi connectivity index (χ1v) is 19.3. The van der Waals surface area contributed by atoms with Crippen LogP contribution in [0.3, 0.4) is 0 Å². The molecular formula is C52H30N4O2. The van der Waals surface area contributed by atoms with Gasteiger partial charge in [0.25, 0.3) is 0 Å². The Kier molecular flexibility index (Phi) is 7.13. The Morgan fingerprint density at radius 3 is 1.76 bits per heavy atom. The van der Waals surface area contributed by atoms with Crippen molar-refractivity contribution in [2.75, 3.05) is 0 Å². The standard InChI is InChI=1S/C52H30N4O2/c1-3-11-31(12-4-1)38-15-7-8-17-42(38)51-55-49(34-13-5-2-6-14-34)54-50(56-51)36-23-26-39-35(29-36)22-21-32-19-20-33-25-28-43-48(47(33)46(32)39)58-52(53-43)37-24-27-41-40-16-9-10-18-44(40)57-45(41)30-37/h1-30H. The van der Waals surface area contributed by atoms with Crippen LogP contribution in [0.25, 0.3) is 122 Å². The molecule has 0 radical (unpaired) electrons. The highest BCUT2D eigenvalue weighted by Crippen LogP contribution is 2.40. The van der Waals surface area contributed by atoms with Crippen LogP contribution in [-0.2, 0) is 0 Å². The zero-order chi connectivity index (χ0) is 38.2. The summed E-state index contributed by atoms with van der Waals surface area (Å²) in [7, 11) is 0. The van der Waals surface area contributed by atoms with Crippen LogP contribution in [0.5, 0.6) is 0 Å². The van der Waals surface area contributed by atoms with Crippen molar-refractivity contribution in [2.45, 2.75) is 0 Å². The number of fused-ring (bicyclic) bond motifs is 10. The van der Waals surface area contributed by atoms with Gasteiger partial charge in [0.05, 0.1) is 0 Å². The Balaban J connectivity index is 1.02. The largest absolute Gasteiger partial charge is 0.456 e. The minimum Gasteiger partial charge on any atom is -0.456 e. The zero-order valence-electron chi connectivity index (χ0n) is 30.9. The summed E-state index contributed by atoms with van der Waals surface area (Å²) in [4.78, 5) is 20.3. The second-order valence-electron chi connectivity index (χ2n) is 14.6. The van der Waals surface area contributed by atoms with E-state index in [9.17, 15) is 0 Å². The fourth-order valence-corrected chi connectivity index (χ4v) is 8.36. The molecule has 0 saturated carbocycles. The number of oxazole rings is 1. The van der Waals surface area contributed by atoms with Crippen molar-refractivity contribution in [2.24, 2.45) is 0 Å². The number of furan rings is 1. The SMILES string of the molecule is c1ccc(-c2nc(-c3ccc4c(ccc5ccc6ccc7nc(-c8ccc9c(c8)oc8ccccc89)oc7c6c54)c3)nc(-c3ccccc3-c3ccccc3)n2)cc1. The molecule has 0 saturated heterocycles. The van der Waals surface area contributed by atoms with Gasteiger partial charge in [-0.1, -0.05) is 146 Å². The molecule has 3 aromatic heterocycles. The number of hydrogen-bond acceptors (Lipinski definition) is 6. The van der Waals surface area contributed by atoms with E-state index in [0.717, 1.165) is 98.7 Å². The molecule has 270 valence electrons. The van der Waals surface area contributed by atoms with Gasteiger partial charge in [0.1, 0.15) is 16.7 Å². The highest BCUT2D eigenvalue weighted by molar-refractivity contribution is 6.26. The van der Waals surface area contributed by atoms with E-state index in [1.165, 1.54) is 0 Å². The van der Waals surface area contributed by atoms with Crippen molar-refractivity contribution < 1.29 is 8.83 Å². The maximum Gasteiger partial charge on any atom is 0.227 e. The summed E-state index contributed by atoms with van der Waals surface area (Å²) in [6.45, 7) is 0. The third-order valence-corrected chi connectivity index (χ3v) is 11.1. The molecule has 0 unspecified atom stereocenters. The summed E-state index contributed by atoms with van der Waals surface area (Å²) < 4.78 is 12.9. The van der Waals surface area contributed by atoms with Gasteiger partial charge in [0, 0.05) is 43.8 Å². The van der Waals surface area contributed by atoms with Crippen molar-refractivity contribution in [1.82, 2.24) is 19.9 Å². The second kappa shape index (κ2) is 12.8. The van der Waals surface area contributed by atoms with E-state index < -0.39 is 0 Å². The summed E-state index contributed by atoms with van der Waals surface area (Å²) in [6, 6.07) is 62.4. The molecule has 0 bridgehead atoms. The predicted octanol–water partition coefficient (Wildman–Crippen LogP) is 13.7. The molecule has 0 atom stereocenters. The van der Waals surface area contributed by atoms with Crippen LogP contribution in [-0.4, -0.2) is 19.9 Å². The van der Waals surface area contributed by atoms with E-state index in [1.54, 1.807) is 0 Å². The van der Waals surface area contributed by atoms with E-state index in [4.69, 9.17) is 28.8 Å². The number of benzene rings is 9. The lowest BCUT2D eigenvalue weighted by Gasteiger charge is -2.13. The van der Waals surface area contributed by atoms with E-state index in [-0.39, 0.29) is 0 Å². The molecule has 0 aliphatic carbocycles. The Morgan fingerprint density at radius 2 is 0.931 bits per heavy atom. The second-order valence-corrected chi connectivity index (χ2v) is 14.6. The van der Waals surface area contributed by atoms with Crippen molar-refractivity contribution >= 4 is 65.4 Å². The van der Waals surface area contributed by atoms with Crippen LogP contribution in [0.4, 0.5) is 0 Å². The van der Waals surface area contributed by atoms with E-state index in [2.05, 4.69) is 109 Å². The van der Waals surface area contributed by atoms with E-state index in [0.29, 0.717) is 23.4 Å². The quantitative estimate of drug-likeness (QED) is 0.163. The number of aromatic nitrogens is 4. The Labute approximate surface area is 331 Å². The van der Waals surface area contributed by atoms with Gasteiger partial charge >= 0.3 is 0 Å². The zero-order valence-corrected chi connectivity index (χ0v) is 30.9. The maximum atomic E-state index is 6.71. The van der Waals surface area contributed by atoms with E-state index in [1.807, 2.05) is 72.8 Å². The van der Waals surface area contributed by atoms with Crippen molar-refractivity contribution in [1.29, 1.82) is 0 Å². The van der Waals surface area contributed by atoms with Gasteiger partial charge in [-0.05, 0) is 69.1 Å². The van der Waals surface area contributed by atoms with Crippen LogP contribution < -0.4 is 0 Å². The molecule has 0 amide bonds. The fraction of sp³-hybridized carbons (Fsp3) is 0. The minimum absolute atomic E-state index is 0.554. The smallest absolute Gasteiger partial charge is 0.227 e. The molecule has 6 heteroatoms. The molecule has 58 heavy (non-hydrogen) atoms. The van der Waals surface area contributed by atoms with Gasteiger partial charge in [-0.15, -0.1) is 0 Å². The maximum absolute atomic E-state index is 6.71. The third-order valence-electron chi connectivity index (χ3n) is 11.1. The minimum atomic E-state index is 0.554. The molecule has 0 spiro atoms. The summed E-state index contributed by atoms with van der Waals surface area (Å²) in [5.41, 5.74) is 9.03. The highest BCUT2D eigenvalue weighted by Gasteiger charge is 2.19. The molecule has 0 aliphatic rings. The Hall–Kier alpha value is -7.96. The van der Waals surface area contributed by atoms with Gasteiger partial charge in [-0.3, -0.25) is 0 Å². The van der Waals surface area contributed by atoms with Crippen molar-refractivity contribution in [3.63, 3.8) is 0 Å². The molecule has 12 rings (SSSR count). The summed E-state index contributed by atoms with van der Waals surface area (Å²) >= 11 is 0. The molecule has 12 aromatic rings. The molecular weight excluding hydrogens is 713 g/mol. The molecule has 3 heterocycles. The Bertz CT molecular complexity index is 3570. The molecule has 0 N–H and O–H groups in total. The van der Waals surface area contributed by atoms with Crippen LogP contribution in [0, 0.1) is 0 Å². The average Bonchev–Trinajstić information content (AvgIpc) is 3.91. The Morgan fingerprint density at radius 1 is 0.328 bits per heavy atom. The van der Waals surface area contributed by atoms with Crippen molar-refractivity contribution in [3.05, 3.63) is 182 Å². The topological polar surface area (TPSA) is 77.8 Å². The van der Waals surface area contributed by atoms with Crippen LogP contribution in [0.1, 0.15) is 0 Å². The molecule has 6 nitrogen and oxygen atoms in total. The number of hydrogen-bond donors (Lipinski definition) is 0. The molecule has 9 aromatic carbocycles. The number of rotatable bonds is 5. The fourth-order valence-electron chi connectivity index (χ4n) is 8.36. The normalized spacial score (nSPS) is 11.8. The van der Waals surface area contributed by atoms with Gasteiger partial charge in [-0.2, -0.15) is 0 Å². The summed E-state index contributed by atoms with van der Waals surface area (Å²) in [5.74, 6) is 2.40. The van der Waals surface area contributed by atoms with Crippen LogP contribution in [0.15, 0.2) is 191 Å². The highest BCUT2D eigenvalue weighted by atomic mass is 16.3. The molecule has 0 aliphatic heterocycles. The predicted molar refractivity (Wildman–Crippen MR) is 234 cm³/mol. The summed E-state index contributed by atoms with van der Waals surface area (Å²) in [6.07, 6.45) is 0. The summed E-state index contributed by atoms with van der Waals surface area (Å²) in [5, 5.41) is 8.68. The number of nitrogens with zero attached hydrogens (tertiary/aromatic N) is 4. The van der Waals surface area contributed by atoms with Crippen LogP contribution in [0.2, 0.25) is 0 Å². The monoisotopic (exact) mass is 742 g/mol. The van der Waals surface area contributed by atoms with E-state index >= 15 is 0 Å². The van der Waals surface area contributed by atoms with Crippen LogP contribution >= 0.6 is 0 Å². The number of para-hydroxylation sites is 1. The van der Waals surface area contributed by atoms with Gasteiger partial charge in [0.15, 0.2) is 23.1 Å². The molecule has 0 fully saturated rings. The lowest BCUT2D eigenvalue weighted by Crippen LogP contribution is -2.01. The first kappa shape index (κ1) is 32.3. The lowest BCUT2D eigenvalue weighted by molar-refractivity contribution is 0.622. The lowest BCUT2D eigenvalue weighted by atomic mass is 9.95. The van der Waals surface area contributed by atoms with Gasteiger partial charge in [-0.25, -0.2) is 19.9 Å². The van der Waals surface area contributed by atoms with Gasteiger partial charge in [0.2, 0.25) is 5.89 Å².